The van der Waals surface area contributed by atoms with Crippen LogP contribution in [0.4, 0.5) is 0 Å². The van der Waals surface area contributed by atoms with E-state index in [-0.39, 0.29) is 11.8 Å². The molecule has 2 heterocycles. The molecule has 1 saturated carbocycles. The second kappa shape index (κ2) is 8.53. The predicted molar refractivity (Wildman–Crippen MR) is 107 cm³/mol. The molecular weight excluding hydrogens is 346 g/mol. The molecule has 0 bridgehead atoms. The molecule has 5 nitrogen and oxygen atoms in total. The maximum absolute atomic E-state index is 12.4. The van der Waals surface area contributed by atoms with Crippen molar-refractivity contribution in [2.45, 2.75) is 56.2 Å². The van der Waals surface area contributed by atoms with E-state index in [9.17, 15) is 4.79 Å². The third-order valence-electron chi connectivity index (χ3n) is 5.42. The van der Waals surface area contributed by atoms with Gasteiger partial charge in [-0.15, -0.1) is 0 Å². The zero-order valence-electron chi connectivity index (χ0n) is 15.2. The molecule has 1 amide bonds. The van der Waals surface area contributed by atoms with Gasteiger partial charge in [0.15, 0.2) is 0 Å². The number of aliphatic imine (C=N–C) groups is 2. The average molecular weight is 374 g/mol. The minimum absolute atomic E-state index is 0.0294. The van der Waals surface area contributed by atoms with Crippen LogP contribution in [0.1, 0.15) is 44.9 Å². The van der Waals surface area contributed by atoms with Gasteiger partial charge in [-0.05, 0) is 37.8 Å². The summed E-state index contributed by atoms with van der Waals surface area (Å²) in [7, 11) is 0. The van der Waals surface area contributed by atoms with E-state index in [2.05, 4.69) is 5.32 Å². The molecule has 0 aromatic carbocycles. The number of hydrogen-bond donors (Lipinski definition) is 1. The summed E-state index contributed by atoms with van der Waals surface area (Å²) in [5.74, 6) is 1.29. The van der Waals surface area contributed by atoms with Gasteiger partial charge in [-0.3, -0.25) is 9.79 Å². The number of allylic oxidation sites excluding steroid dienone is 2. The lowest BCUT2D eigenvalue weighted by atomic mass is 9.94. The summed E-state index contributed by atoms with van der Waals surface area (Å²) >= 11 is 1.87. The van der Waals surface area contributed by atoms with Crippen LogP contribution in [0.3, 0.4) is 0 Å². The van der Waals surface area contributed by atoms with E-state index in [4.69, 9.17) is 14.7 Å². The normalized spacial score (nSPS) is 29.2. The lowest BCUT2D eigenvalue weighted by Crippen LogP contribution is -2.42. The van der Waals surface area contributed by atoms with Crippen molar-refractivity contribution in [3.8, 4) is 0 Å². The largest absolute Gasteiger partial charge is 0.381 e. The first-order chi connectivity index (χ1) is 12.8. The van der Waals surface area contributed by atoms with Gasteiger partial charge in [-0.2, -0.15) is 11.8 Å². The lowest BCUT2D eigenvalue weighted by molar-refractivity contribution is -0.121. The molecular formula is C20H27N3O2S. The van der Waals surface area contributed by atoms with Crippen LogP contribution in [0.5, 0.6) is 0 Å². The maximum atomic E-state index is 12.4. The fraction of sp³-hybridized carbons (Fsp3) is 0.650. The molecule has 1 N–H and O–H groups in total. The summed E-state index contributed by atoms with van der Waals surface area (Å²) in [5, 5.41) is 3.58. The Morgan fingerprint density at radius 2 is 2.00 bits per heavy atom. The molecule has 0 spiro atoms. The molecule has 1 atom stereocenters. The maximum Gasteiger partial charge on any atom is 0.238 e. The molecule has 1 unspecified atom stereocenters. The quantitative estimate of drug-likeness (QED) is 0.823. The number of amides is 1. The summed E-state index contributed by atoms with van der Waals surface area (Å²) in [6.07, 6.45) is 14.3. The van der Waals surface area contributed by atoms with Crippen molar-refractivity contribution in [3.63, 3.8) is 0 Å². The van der Waals surface area contributed by atoms with E-state index >= 15 is 0 Å². The zero-order chi connectivity index (χ0) is 17.8. The van der Waals surface area contributed by atoms with Crippen LogP contribution in [0.15, 0.2) is 33.9 Å². The molecule has 26 heavy (non-hydrogen) atoms. The van der Waals surface area contributed by atoms with Gasteiger partial charge in [-0.1, -0.05) is 25.3 Å². The number of ether oxygens (including phenoxy) is 1. The Balaban J connectivity index is 1.43. The van der Waals surface area contributed by atoms with Gasteiger partial charge < -0.3 is 10.1 Å². The Labute approximate surface area is 159 Å². The lowest BCUT2D eigenvalue weighted by Gasteiger charge is -2.26. The van der Waals surface area contributed by atoms with E-state index in [1.807, 2.05) is 30.0 Å². The Morgan fingerprint density at radius 3 is 2.81 bits per heavy atom. The summed E-state index contributed by atoms with van der Waals surface area (Å²) in [6, 6.07) is 0.432. The van der Waals surface area contributed by atoms with Crippen molar-refractivity contribution in [2.75, 3.05) is 19.0 Å². The second-order valence-electron chi connectivity index (χ2n) is 7.42. The molecule has 2 aliphatic carbocycles. The minimum Gasteiger partial charge on any atom is -0.381 e. The monoisotopic (exact) mass is 373 g/mol. The van der Waals surface area contributed by atoms with E-state index in [0.717, 1.165) is 49.1 Å². The van der Waals surface area contributed by atoms with Crippen LogP contribution < -0.4 is 5.32 Å². The summed E-state index contributed by atoms with van der Waals surface area (Å²) < 4.78 is 5.41. The van der Waals surface area contributed by atoms with Gasteiger partial charge in [0, 0.05) is 18.5 Å². The standard InChI is InChI=1S/C20H27N3O2S/c24-20-17-7-6-15(21-14-4-2-1-3-5-14)12-18(17)22-19(23-20)13-26-16-8-10-25-11-9-16/h6-7,12,14,16-17H,1-5,8-11,13H2,(H,22,23,24). The Kier molecular flexibility index (Phi) is 5.90. The van der Waals surface area contributed by atoms with E-state index < -0.39 is 0 Å². The number of nitrogens with one attached hydrogen (secondary N) is 1. The van der Waals surface area contributed by atoms with E-state index in [1.54, 1.807) is 0 Å². The van der Waals surface area contributed by atoms with Crippen LogP contribution in [0, 0.1) is 5.92 Å². The van der Waals surface area contributed by atoms with Crippen molar-refractivity contribution in [1.82, 2.24) is 5.32 Å². The van der Waals surface area contributed by atoms with Gasteiger partial charge in [0.1, 0.15) is 5.84 Å². The van der Waals surface area contributed by atoms with Gasteiger partial charge in [0.2, 0.25) is 5.91 Å². The van der Waals surface area contributed by atoms with Crippen LogP contribution in [-0.4, -0.2) is 47.7 Å². The number of nitrogens with zero attached hydrogens (tertiary/aromatic N) is 2. The highest BCUT2D eigenvalue weighted by atomic mass is 32.2. The van der Waals surface area contributed by atoms with Crippen molar-refractivity contribution < 1.29 is 9.53 Å². The number of hydrogen-bond acceptors (Lipinski definition) is 5. The average Bonchev–Trinajstić information content (AvgIpc) is 2.68. The first kappa shape index (κ1) is 18.0. The molecule has 1 saturated heterocycles. The molecule has 6 heteroatoms. The zero-order valence-corrected chi connectivity index (χ0v) is 16.0. The topological polar surface area (TPSA) is 63.0 Å². The Bertz CT molecular complexity index is 656. The van der Waals surface area contributed by atoms with Crippen LogP contribution >= 0.6 is 11.8 Å². The number of fused-ring (bicyclic) bond motifs is 1. The van der Waals surface area contributed by atoms with Crippen molar-refractivity contribution in [3.05, 3.63) is 23.9 Å². The molecule has 2 fully saturated rings. The van der Waals surface area contributed by atoms with Gasteiger partial charge >= 0.3 is 0 Å². The number of carbonyl (C=O) groups excluding carboxylic acids is 1. The highest BCUT2D eigenvalue weighted by Gasteiger charge is 2.29. The first-order valence-corrected chi connectivity index (χ1v) is 10.9. The second-order valence-corrected chi connectivity index (χ2v) is 8.71. The highest BCUT2D eigenvalue weighted by Crippen LogP contribution is 2.27. The molecule has 4 aliphatic rings. The Hall–Kier alpha value is -1.40. The molecule has 2 aliphatic heterocycles. The van der Waals surface area contributed by atoms with E-state index in [0.29, 0.717) is 11.3 Å². The number of amidine groups is 1. The predicted octanol–water partition coefficient (Wildman–Crippen LogP) is 3.27. The first-order valence-electron chi connectivity index (χ1n) is 9.83. The molecule has 0 aromatic rings. The highest BCUT2D eigenvalue weighted by molar-refractivity contribution is 8.00. The molecule has 0 radical (unpaired) electrons. The van der Waals surface area contributed by atoms with E-state index in [1.165, 1.54) is 32.1 Å². The van der Waals surface area contributed by atoms with Crippen LogP contribution in [-0.2, 0) is 9.53 Å². The SMILES string of the molecule is O=C1NC(CSC2CCOCC2)=NC2=CC(=NC3CCCCC3)C=CC12. The number of carbonyl (C=O) groups is 1. The summed E-state index contributed by atoms with van der Waals surface area (Å²) in [4.78, 5) is 22.1. The van der Waals surface area contributed by atoms with Crippen molar-refractivity contribution in [2.24, 2.45) is 15.9 Å². The van der Waals surface area contributed by atoms with Crippen LogP contribution in [0.2, 0.25) is 0 Å². The third kappa shape index (κ3) is 4.46. The molecule has 4 rings (SSSR count). The fourth-order valence-corrected chi connectivity index (χ4v) is 4.98. The van der Waals surface area contributed by atoms with Gasteiger partial charge in [-0.25, -0.2) is 4.99 Å². The van der Waals surface area contributed by atoms with Crippen molar-refractivity contribution >= 4 is 29.2 Å². The van der Waals surface area contributed by atoms with Gasteiger partial charge in [0.05, 0.1) is 29.1 Å². The van der Waals surface area contributed by atoms with Gasteiger partial charge in [0.25, 0.3) is 0 Å². The number of thioether (sulfide) groups is 1. The number of rotatable bonds is 4. The molecule has 140 valence electrons. The van der Waals surface area contributed by atoms with Crippen molar-refractivity contribution in [1.29, 1.82) is 0 Å². The smallest absolute Gasteiger partial charge is 0.238 e. The summed E-state index contributed by atoms with van der Waals surface area (Å²) in [6.45, 7) is 1.69. The molecule has 0 aromatic heterocycles. The fourth-order valence-electron chi connectivity index (χ4n) is 3.92. The Morgan fingerprint density at radius 1 is 1.19 bits per heavy atom. The van der Waals surface area contributed by atoms with Crippen LogP contribution in [0.25, 0.3) is 0 Å². The minimum atomic E-state index is -0.267. The third-order valence-corrected chi connectivity index (χ3v) is 6.80. The summed E-state index contributed by atoms with van der Waals surface area (Å²) in [5.41, 5.74) is 1.81.